The van der Waals surface area contributed by atoms with Crippen LogP contribution in [0.15, 0.2) is 46.9 Å². The number of ether oxygens (including phenoxy) is 1. The molecule has 0 heterocycles. The smallest absolute Gasteiger partial charge is 0.137 e. The number of nitriles is 1. The van der Waals surface area contributed by atoms with Gasteiger partial charge in [0.1, 0.15) is 24.2 Å². The average Bonchev–Trinajstić information content (AvgIpc) is 2.39. The van der Waals surface area contributed by atoms with E-state index < -0.39 is 5.82 Å². The Kier molecular flexibility index (Phi) is 3.96. The lowest BCUT2D eigenvalue weighted by atomic mass is 10.2. The summed E-state index contributed by atoms with van der Waals surface area (Å²) in [5.41, 5.74) is 1.18. The van der Waals surface area contributed by atoms with Gasteiger partial charge in [0.05, 0.1) is 5.56 Å². The van der Waals surface area contributed by atoms with Crippen LogP contribution in [0.4, 0.5) is 4.39 Å². The molecule has 0 atom stereocenters. The van der Waals surface area contributed by atoms with Crippen molar-refractivity contribution in [3.8, 4) is 11.8 Å². The zero-order chi connectivity index (χ0) is 13.0. The van der Waals surface area contributed by atoms with E-state index in [1.54, 1.807) is 0 Å². The van der Waals surface area contributed by atoms with Gasteiger partial charge in [0.15, 0.2) is 0 Å². The molecular formula is C14H9BrFNO. The van der Waals surface area contributed by atoms with Gasteiger partial charge in [0, 0.05) is 4.47 Å². The summed E-state index contributed by atoms with van der Waals surface area (Å²) in [5.74, 6) is -0.0515. The predicted molar refractivity (Wildman–Crippen MR) is 69.6 cm³/mol. The van der Waals surface area contributed by atoms with Crippen molar-refractivity contribution >= 4 is 15.9 Å². The number of rotatable bonds is 3. The van der Waals surface area contributed by atoms with E-state index in [9.17, 15) is 4.39 Å². The van der Waals surface area contributed by atoms with Crippen LogP contribution >= 0.6 is 15.9 Å². The van der Waals surface area contributed by atoms with E-state index in [4.69, 9.17) is 10.00 Å². The largest absolute Gasteiger partial charge is 0.488 e. The third-order valence-corrected chi connectivity index (χ3v) is 2.90. The van der Waals surface area contributed by atoms with Crippen LogP contribution in [-0.2, 0) is 6.61 Å². The number of hydrogen-bond donors (Lipinski definition) is 0. The standard InChI is InChI=1S/C14H9BrFNO/c15-12-3-1-10(2-4-12)9-18-14-6-5-13(16)7-11(14)8-17/h1-7H,9H2. The number of benzene rings is 2. The first kappa shape index (κ1) is 12.6. The molecule has 4 heteroatoms. The fraction of sp³-hybridized carbons (Fsp3) is 0.0714. The lowest BCUT2D eigenvalue weighted by Crippen LogP contribution is -1.97. The van der Waals surface area contributed by atoms with Crippen LogP contribution in [0.5, 0.6) is 5.75 Å². The van der Waals surface area contributed by atoms with Crippen molar-refractivity contribution in [2.45, 2.75) is 6.61 Å². The van der Waals surface area contributed by atoms with Gasteiger partial charge in [-0.1, -0.05) is 28.1 Å². The Hall–Kier alpha value is -1.86. The molecule has 2 nitrogen and oxygen atoms in total. The van der Waals surface area contributed by atoms with E-state index in [0.29, 0.717) is 12.4 Å². The highest BCUT2D eigenvalue weighted by Gasteiger charge is 2.05. The lowest BCUT2D eigenvalue weighted by Gasteiger charge is -2.08. The normalized spacial score (nSPS) is 9.83. The first-order chi connectivity index (χ1) is 8.69. The maximum Gasteiger partial charge on any atom is 0.137 e. The molecule has 0 saturated heterocycles. The molecule has 0 bridgehead atoms. The second-order valence-electron chi connectivity index (χ2n) is 3.67. The van der Waals surface area contributed by atoms with Crippen molar-refractivity contribution < 1.29 is 9.13 Å². The molecule has 2 aromatic carbocycles. The minimum Gasteiger partial charge on any atom is -0.488 e. The average molecular weight is 306 g/mol. The van der Waals surface area contributed by atoms with Gasteiger partial charge in [-0.3, -0.25) is 0 Å². The van der Waals surface area contributed by atoms with Crippen molar-refractivity contribution in [3.05, 3.63) is 63.9 Å². The van der Waals surface area contributed by atoms with Crippen molar-refractivity contribution in [1.82, 2.24) is 0 Å². The summed E-state index contributed by atoms with van der Waals surface area (Å²) in [6, 6.07) is 13.5. The van der Waals surface area contributed by atoms with Crippen LogP contribution in [0, 0.1) is 17.1 Å². The second-order valence-corrected chi connectivity index (χ2v) is 4.58. The zero-order valence-electron chi connectivity index (χ0n) is 9.36. The second kappa shape index (κ2) is 5.65. The topological polar surface area (TPSA) is 33.0 Å². The quantitative estimate of drug-likeness (QED) is 0.857. The zero-order valence-corrected chi connectivity index (χ0v) is 10.9. The van der Waals surface area contributed by atoms with Crippen LogP contribution in [0.2, 0.25) is 0 Å². The number of nitrogens with zero attached hydrogens (tertiary/aromatic N) is 1. The Labute approximate surface area is 113 Å². The number of hydrogen-bond acceptors (Lipinski definition) is 2. The molecule has 0 aromatic heterocycles. The molecule has 0 N–H and O–H groups in total. The molecule has 0 aliphatic heterocycles. The highest BCUT2D eigenvalue weighted by Crippen LogP contribution is 2.20. The SMILES string of the molecule is N#Cc1cc(F)ccc1OCc1ccc(Br)cc1. The summed E-state index contributed by atoms with van der Waals surface area (Å²) in [6.07, 6.45) is 0. The van der Waals surface area contributed by atoms with Crippen molar-refractivity contribution in [1.29, 1.82) is 5.26 Å². The maximum absolute atomic E-state index is 12.9. The first-order valence-electron chi connectivity index (χ1n) is 5.26. The van der Waals surface area contributed by atoms with E-state index in [0.717, 1.165) is 16.1 Å². The molecule has 0 aliphatic carbocycles. The fourth-order valence-electron chi connectivity index (χ4n) is 1.46. The Morgan fingerprint density at radius 3 is 2.56 bits per heavy atom. The molecule has 0 saturated carbocycles. The highest BCUT2D eigenvalue weighted by molar-refractivity contribution is 9.10. The lowest BCUT2D eigenvalue weighted by molar-refractivity contribution is 0.305. The summed E-state index contributed by atoms with van der Waals surface area (Å²) in [7, 11) is 0. The van der Waals surface area contributed by atoms with Crippen molar-refractivity contribution in [3.63, 3.8) is 0 Å². The molecule has 0 unspecified atom stereocenters. The molecule has 18 heavy (non-hydrogen) atoms. The third-order valence-electron chi connectivity index (χ3n) is 2.37. The monoisotopic (exact) mass is 305 g/mol. The van der Waals surface area contributed by atoms with E-state index >= 15 is 0 Å². The molecule has 0 radical (unpaired) electrons. The van der Waals surface area contributed by atoms with Gasteiger partial charge in [-0.15, -0.1) is 0 Å². The van der Waals surface area contributed by atoms with Gasteiger partial charge < -0.3 is 4.74 Å². The van der Waals surface area contributed by atoms with Gasteiger partial charge in [-0.05, 0) is 35.9 Å². The summed E-state index contributed by atoms with van der Waals surface area (Å²) >= 11 is 3.35. The van der Waals surface area contributed by atoms with Crippen LogP contribution < -0.4 is 4.74 Å². The minimum atomic E-state index is -0.442. The van der Waals surface area contributed by atoms with Crippen LogP contribution in [0.1, 0.15) is 11.1 Å². The Morgan fingerprint density at radius 1 is 1.17 bits per heavy atom. The molecule has 2 aromatic rings. The van der Waals surface area contributed by atoms with Gasteiger partial charge >= 0.3 is 0 Å². The minimum absolute atomic E-state index is 0.201. The van der Waals surface area contributed by atoms with Crippen molar-refractivity contribution in [2.24, 2.45) is 0 Å². The predicted octanol–water partition coefficient (Wildman–Crippen LogP) is 4.04. The van der Waals surface area contributed by atoms with Gasteiger partial charge in [0.2, 0.25) is 0 Å². The summed E-state index contributed by atoms with van der Waals surface area (Å²) in [4.78, 5) is 0. The van der Waals surface area contributed by atoms with E-state index in [1.807, 2.05) is 30.3 Å². The fourth-order valence-corrected chi connectivity index (χ4v) is 1.72. The van der Waals surface area contributed by atoms with Gasteiger partial charge in [0.25, 0.3) is 0 Å². The van der Waals surface area contributed by atoms with Crippen molar-refractivity contribution in [2.75, 3.05) is 0 Å². The third kappa shape index (κ3) is 3.08. The summed E-state index contributed by atoms with van der Waals surface area (Å²) in [6.45, 7) is 0.341. The Morgan fingerprint density at radius 2 is 1.89 bits per heavy atom. The molecular weight excluding hydrogens is 297 g/mol. The summed E-state index contributed by atoms with van der Waals surface area (Å²) < 4.78 is 19.4. The maximum atomic E-state index is 12.9. The van der Waals surface area contributed by atoms with E-state index in [2.05, 4.69) is 15.9 Å². The van der Waals surface area contributed by atoms with E-state index in [1.165, 1.54) is 12.1 Å². The van der Waals surface area contributed by atoms with Crippen LogP contribution in [0.3, 0.4) is 0 Å². The Balaban J connectivity index is 2.11. The molecule has 2 rings (SSSR count). The van der Waals surface area contributed by atoms with Crippen LogP contribution in [-0.4, -0.2) is 0 Å². The Bertz CT molecular complexity index is 590. The van der Waals surface area contributed by atoms with E-state index in [-0.39, 0.29) is 5.56 Å². The number of halogens is 2. The summed E-state index contributed by atoms with van der Waals surface area (Å²) in [5, 5.41) is 8.87. The molecule has 0 spiro atoms. The van der Waals surface area contributed by atoms with Crippen LogP contribution in [0.25, 0.3) is 0 Å². The molecule has 0 fully saturated rings. The molecule has 90 valence electrons. The molecule has 0 amide bonds. The van der Waals surface area contributed by atoms with Gasteiger partial charge in [-0.2, -0.15) is 5.26 Å². The highest BCUT2D eigenvalue weighted by atomic mass is 79.9. The van der Waals surface area contributed by atoms with Gasteiger partial charge in [-0.25, -0.2) is 4.39 Å². The first-order valence-corrected chi connectivity index (χ1v) is 6.05. The molecule has 0 aliphatic rings.